The summed E-state index contributed by atoms with van der Waals surface area (Å²) < 4.78 is 18.2. The molecule has 0 amide bonds. The van der Waals surface area contributed by atoms with E-state index in [1.165, 1.54) is 11.1 Å². The Bertz CT molecular complexity index is 1050. The van der Waals surface area contributed by atoms with E-state index in [4.69, 9.17) is 4.52 Å². The number of rotatable bonds is 4. The smallest absolute Gasteiger partial charge is 1.00 e. The average molecular weight is 527 g/mol. The van der Waals surface area contributed by atoms with Gasteiger partial charge in [0.15, 0.2) is 0 Å². The van der Waals surface area contributed by atoms with Crippen LogP contribution in [-0.2, 0) is 36.3 Å². The average Bonchev–Trinajstić information content (AvgIpc) is 2.62. The van der Waals surface area contributed by atoms with Crippen LogP contribution >= 0.6 is 7.82 Å². The van der Waals surface area contributed by atoms with Gasteiger partial charge in [0.05, 0.1) is 0 Å². The number of hydrogen-bond donors (Lipinski definition) is 2. The molecule has 0 radical (unpaired) electrons. The van der Waals surface area contributed by atoms with Gasteiger partial charge in [0.2, 0.25) is 0 Å². The second-order valence-electron chi connectivity index (χ2n) is 14.1. The maximum absolute atomic E-state index is 12.4. The van der Waals surface area contributed by atoms with Gasteiger partial charge >= 0.3 is 37.4 Å². The second-order valence-corrected chi connectivity index (χ2v) is 15.3. The van der Waals surface area contributed by atoms with Crippen LogP contribution in [0.5, 0.6) is 0 Å². The van der Waals surface area contributed by atoms with Crippen molar-refractivity contribution >= 4 is 7.82 Å². The summed E-state index contributed by atoms with van der Waals surface area (Å²) in [4.78, 5) is 20.2. The molecule has 6 heteroatoms. The summed E-state index contributed by atoms with van der Waals surface area (Å²) in [5.41, 5.74) is 3.87. The maximum Gasteiger partial charge on any atom is 1.00 e. The van der Waals surface area contributed by atoms with E-state index in [9.17, 15) is 14.4 Å². The third kappa shape index (κ3) is 7.79. The van der Waals surface area contributed by atoms with E-state index in [0.717, 1.165) is 22.3 Å². The molecular formula is C30H48NaO4P. The quantitative estimate of drug-likeness (QED) is 0.416. The Kier molecular flexibility index (Phi) is 9.89. The topological polar surface area (TPSA) is 66.8 Å². The van der Waals surface area contributed by atoms with Crippen molar-refractivity contribution in [1.82, 2.24) is 0 Å². The first-order valence-corrected chi connectivity index (χ1v) is 14.0. The molecule has 4 nitrogen and oxygen atoms in total. The predicted octanol–water partition coefficient (Wildman–Crippen LogP) is 5.37. The summed E-state index contributed by atoms with van der Waals surface area (Å²) in [5.74, 6) is 0. The molecule has 0 atom stereocenters. The molecule has 0 unspecified atom stereocenters. The summed E-state index contributed by atoms with van der Waals surface area (Å²) in [6.45, 7) is 27.6. The first-order valence-electron chi connectivity index (χ1n) is 12.4. The second kappa shape index (κ2) is 10.6. The van der Waals surface area contributed by atoms with Gasteiger partial charge < -0.3 is 11.2 Å². The molecule has 0 saturated carbocycles. The minimum Gasteiger partial charge on any atom is -1.00 e. The van der Waals surface area contributed by atoms with E-state index >= 15 is 0 Å². The Morgan fingerprint density at radius 1 is 0.583 bits per heavy atom. The van der Waals surface area contributed by atoms with Crippen LogP contribution in [0, 0.1) is 0 Å². The number of benzene rings is 2. The summed E-state index contributed by atoms with van der Waals surface area (Å²) in [5, 5.41) is 0. The minimum atomic E-state index is -4.85. The van der Waals surface area contributed by atoms with Crippen molar-refractivity contribution in [2.24, 2.45) is 0 Å². The van der Waals surface area contributed by atoms with Crippen LogP contribution in [0.2, 0.25) is 0 Å². The molecule has 0 aliphatic carbocycles. The first-order chi connectivity index (χ1) is 15.4. The summed E-state index contributed by atoms with van der Waals surface area (Å²) in [6, 6.07) is 12.5. The predicted molar refractivity (Wildman–Crippen MR) is 148 cm³/mol. The molecule has 0 aliphatic heterocycles. The van der Waals surface area contributed by atoms with E-state index in [0.29, 0.717) is 0 Å². The molecule has 0 saturated heterocycles. The Morgan fingerprint density at radius 2 is 0.889 bits per heavy atom. The van der Waals surface area contributed by atoms with Crippen LogP contribution in [0.15, 0.2) is 36.4 Å². The molecule has 2 N–H and O–H groups in total. The number of hydrogen-bond acceptors (Lipinski definition) is 2. The van der Waals surface area contributed by atoms with Gasteiger partial charge in [-0.3, -0.25) is 4.52 Å². The zero-order valence-electron chi connectivity index (χ0n) is 26.1. The van der Waals surface area contributed by atoms with Crippen LogP contribution in [0.25, 0.3) is 0 Å². The third-order valence-corrected chi connectivity index (χ3v) is 7.32. The molecule has 0 bridgehead atoms. The van der Waals surface area contributed by atoms with Gasteiger partial charge in [0.25, 0.3) is 0 Å². The van der Waals surface area contributed by atoms with Crippen molar-refractivity contribution in [3.05, 3.63) is 69.8 Å². The van der Waals surface area contributed by atoms with Crippen molar-refractivity contribution in [1.29, 1.82) is 0 Å². The van der Waals surface area contributed by atoms with Gasteiger partial charge in [-0.1, -0.05) is 119 Å². The molecule has 2 aromatic carbocycles. The molecule has 0 fully saturated rings. The van der Waals surface area contributed by atoms with Gasteiger partial charge in [-0.05, 0) is 62.0 Å². The van der Waals surface area contributed by atoms with Gasteiger partial charge in [0.1, 0.15) is 5.60 Å². The number of phosphoric ester groups is 1. The van der Waals surface area contributed by atoms with Crippen LogP contribution in [0.3, 0.4) is 0 Å². The third-order valence-electron chi connectivity index (χ3n) is 6.72. The molecule has 2 aromatic rings. The van der Waals surface area contributed by atoms with E-state index in [-0.39, 0.29) is 52.6 Å². The van der Waals surface area contributed by atoms with Crippen molar-refractivity contribution in [3.63, 3.8) is 0 Å². The summed E-state index contributed by atoms with van der Waals surface area (Å²) in [6.07, 6.45) is 0. The first kappa shape index (κ1) is 33.6. The van der Waals surface area contributed by atoms with Gasteiger partial charge in [-0.25, -0.2) is 4.57 Å². The fourth-order valence-electron chi connectivity index (χ4n) is 4.58. The van der Waals surface area contributed by atoms with Crippen LogP contribution in [0.4, 0.5) is 0 Å². The van der Waals surface area contributed by atoms with Crippen molar-refractivity contribution in [2.45, 2.75) is 117 Å². The van der Waals surface area contributed by atoms with Crippen molar-refractivity contribution in [3.8, 4) is 0 Å². The van der Waals surface area contributed by atoms with E-state index < -0.39 is 13.4 Å². The maximum atomic E-state index is 12.4. The molecule has 0 aliphatic rings. The SMILES string of the molecule is CC(C)(C)c1ccc(C(C)(OP(=O)(O)O)c2ccc(C(C)(C)C)cc2C(C)(C)C)c(C(C)(C)C)c1.[H-].[Na+]. The fraction of sp³-hybridized carbons (Fsp3) is 0.600. The Morgan fingerprint density at radius 3 is 1.11 bits per heavy atom. The number of phosphoric acid groups is 1. The zero-order valence-corrected chi connectivity index (χ0v) is 28.0. The van der Waals surface area contributed by atoms with Crippen molar-refractivity contribution < 1.29 is 49.9 Å². The summed E-state index contributed by atoms with van der Waals surface area (Å²) in [7, 11) is -4.85. The molecule has 198 valence electrons. The molecular weight excluding hydrogens is 478 g/mol. The molecule has 0 spiro atoms. The summed E-state index contributed by atoms with van der Waals surface area (Å²) >= 11 is 0. The monoisotopic (exact) mass is 526 g/mol. The Hall–Kier alpha value is -0.450. The molecule has 0 heterocycles. The molecule has 0 aromatic heterocycles. The van der Waals surface area contributed by atoms with Crippen LogP contribution < -0.4 is 29.6 Å². The van der Waals surface area contributed by atoms with Crippen molar-refractivity contribution in [2.75, 3.05) is 0 Å². The van der Waals surface area contributed by atoms with Crippen LogP contribution in [0.1, 0.15) is 125 Å². The van der Waals surface area contributed by atoms with Crippen LogP contribution in [-0.4, -0.2) is 9.79 Å². The van der Waals surface area contributed by atoms with Gasteiger partial charge in [0, 0.05) is 0 Å². The molecule has 2 rings (SSSR count). The fourth-order valence-corrected chi connectivity index (χ4v) is 5.25. The van der Waals surface area contributed by atoms with E-state index in [1.54, 1.807) is 6.92 Å². The van der Waals surface area contributed by atoms with E-state index in [1.807, 2.05) is 12.1 Å². The minimum absolute atomic E-state index is 0. The Labute approximate surface area is 243 Å². The molecule has 36 heavy (non-hydrogen) atoms. The largest absolute Gasteiger partial charge is 1.00 e. The van der Waals surface area contributed by atoms with E-state index in [2.05, 4.69) is 107 Å². The van der Waals surface area contributed by atoms with Gasteiger partial charge in [-0.15, -0.1) is 0 Å². The zero-order chi connectivity index (χ0) is 27.4. The van der Waals surface area contributed by atoms with Gasteiger partial charge in [-0.2, -0.15) is 0 Å². The Balaban J connectivity index is 0.00000648. The standard InChI is InChI=1S/C30H47O4P.Na.H/c1-26(2,3)20-14-16-22(24(18-20)28(7,8)9)30(13,34-35(31,32)33)23-17-15-21(27(4,5)6)19-25(23)29(10,11)12;;/h14-19H,1-13H3,(H2,31,32,33);;/q;+1;-1. The normalized spacial score (nSPS) is 14.0.